The minimum Gasteiger partial charge on any atom is -0.285 e. The zero-order valence-corrected chi connectivity index (χ0v) is 10.8. The number of sulfonamides is 1. The van der Waals surface area contributed by atoms with Crippen molar-refractivity contribution in [3.05, 3.63) is 53.3 Å². The topological polar surface area (TPSA) is 98.6 Å². The van der Waals surface area contributed by atoms with Crippen LogP contribution in [-0.4, -0.2) is 18.6 Å². The van der Waals surface area contributed by atoms with E-state index in [1.165, 1.54) is 0 Å². The van der Waals surface area contributed by atoms with E-state index in [-0.39, 0.29) is 12.3 Å². The minimum atomic E-state index is -3.49. The molecule has 98 valence electrons. The quantitative estimate of drug-likeness (QED) is 0.847. The van der Waals surface area contributed by atoms with Crippen molar-refractivity contribution in [1.82, 2.24) is 14.9 Å². The molecule has 0 unspecified atom stereocenters. The summed E-state index contributed by atoms with van der Waals surface area (Å²) < 4.78 is 26.3. The lowest BCUT2D eigenvalue weighted by Gasteiger charge is -2.06. The van der Waals surface area contributed by atoms with Gasteiger partial charge in [0.1, 0.15) is 0 Å². The monoisotopic (exact) mass is 276 g/mol. The Morgan fingerprint density at radius 1 is 1.37 bits per heavy atom. The van der Waals surface area contributed by atoms with Gasteiger partial charge in [-0.2, -0.15) is 10.4 Å². The molecule has 0 aliphatic carbocycles. The number of nitrogens with zero attached hydrogens (tertiary/aromatic N) is 2. The molecule has 0 spiro atoms. The van der Waals surface area contributed by atoms with E-state index in [1.54, 1.807) is 36.7 Å². The van der Waals surface area contributed by atoms with Crippen LogP contribution in [0.3, 0.4) is 0 Å². The van der Waals surface area contributed by atoms with Gasteiger partial charge in [0.05, 0.1) is 23.6 Å². The van der Waals surface area contributed by atoms with Gasteiger partial charge < -0.3 is 0 Å². The highest BCUT2D eigenvalue weighted by atomic mass is 32.2. The molecule has 1 aromatic heterocycles. The summed E-state index contributed by atoms with van der Waals surface area (Å²) in [6.07, 6.45) is 3.16. The van der Waals surface area contributed by atoms with E-state index in [0.717, 1.165) is 5.56 Å². The number of hydrogen-bond acceptors (Lipinski definition) is 4. The van der Waals surface area contributed by atoms with Crippen molar-refractivity contribution in [3.8, 4) is 6.07 Å². The zero-order chi connectivity index (χ0) is 13.7. The number of H-pyrrole nitrogens is 1. The molecular formula is C12H12N4O2S. The first-order valence-electron chi connectivity index (χ1n) is 5.54. The fourth-order valence-electron chi connectivity index (χ4n) is 1.58. The average Bonchev–Trinajstić information content (AvgIpc) is 2.90. The minimum absolute atomic E-state index is 0.174. The number of hydrogen-bond donors (Lipinski definition) is 2. The SMILES string of the molecule is N#Cc1ccccc1CS(=O)(=O)NCc1cn[nH]c1. The predicted molar refractivity (Wildman–Crippen MR) is 69.2 cm³/mol. The molecule has 1 aromatic carbocycles. The summed E-state index contributed by atoms with van der Waals surface area (Å²) in [5.74, 6) is -0.214. The first-order valence-corrected chi connectivity index (χ1v) is 7.19. The van der Waals surface area contributed by atoms with Gasteiger partial charge in [-0.1, -0.05) is 18.2 Å². The second kappa shape index (κ2) is 5.65. The van der Waals surface area contributed by atoms with Crippen molar-refractivity contribution in [3.63, 3.8) is 0 Å². The third-order valence-corrected chi connectivity index (χ3v) is 3.81. The predicted octanol–water partition coefficient (Wildman–Crippen LogP) is 0.901. The van der Waals surface area contributed by atoms with Gasteiger partial charge in [0.2, 0.25) is 10.0 Å². The summed E-state index contributed by atoms with van der Waals surface area (Å²) in [5.41, 5.74) is 1.61. The van der Waals surface area contributed by atoms with Crippen molar-refractivity contribution < 1.29 is 8.42 Å². The normalized spacial score (nSPS) is 11.1. The van der Waals surface area contributed by atoms with E-state index in [9.17, 15) is 8.42 Å². The van der Waals surface area contributed by atoms with Gasteiger partial charge >= 0.3 is 0 Å². The Morgan fingerprint density at radius 3 is 2.84 bits per heavy atom. The Morgan fingerprint density at radius 2 is 2.16 bits per heavy atom. The van der Waals surface area contributed by atoms with E-state index in [2.05, 4.69) is 14.9 Å². The van der Waals surface area contributed by atoms with Gasteiger partial charge in [0.15, 0.2) is 0 Å². The Kier molecular flexibility index (Phi) is 3.94. The van der Waals surface area contributed by atoms with Crippen LogP contribution >= 0.6 is 0 Å². The van der Waals surface area contributed by atoms with Crippen LogP contribution in [0.4, 0.5) is 0 Å². The highest BCUT2D eigenvalue weighted by molar-refractivity contribution is 7.88. The number of benzene rings is 1. The third kappa shape index (κ3) is 3.64. The number of aromatic amines is 1. The second-order valence-electron chi connectivity index (χ2n) is 3.96. The molecular weight excluding hydrogens is 264 g/mol. The van der Waals surface area contributed by atoms with Crippen molar-refractivity contribution >= 4 is 10.0 Å². The first-order chi connectivity index (χ1) is 9.11. The lowest BCUT2D eigenvalue weighted by Crippen LogP contribution is -2.24. The van der Waals surface area contributed by atoms with Crippen LogP contribution < -0.4 is 4.72 Å². The third-order valence-electron chi connectivity index (χ3n) is 2.53. The van der Waals surface area contributed by atoms with Gasteiger partial charge in [0.25, 0.3) is 0 Å². The molecule has 0 bridgehead atoms. The maximum absolute atomic E-state index is 11.9. The molecule has 7 heteroatoms. The van der Waals surface area contributed by atoms with Crippen LogP contribution in [-0.2, 0) is 22.3 Å². The molecule has 0 radical (unpaired) electrons. The van der Waals surface area contributed by atoms with Gasteiger partial charge in [-0.3, -0.25) is 5.10 Å². The summed E-state index contributed by atoms with van der Waals surface area (Å²) in [6.45, 7) is 0.174. The maximum Gasteiger partial charge on any atom is 0.216 e. The van der Waals surface area contributed by atoms with Gasteiger partial charge in [-0.05, 0) is 11.6 Å². The van der Waals surface area contributed by atoms with E-state index < -0.39 is 10.0 Å². The van der Waals surface area contributed by atoms with E-state index in [1.807, 2.05) is 6.07 Å². The lowest BCUT2D eigenvalue weighted by atomic mass is 10.1. The molecule has 0 saturated heterocycles. The van der Waals surface area contributed by atoms with Crippen LogP contribution in [0.15, 0.2) is 36.7 Å². The standard InChI is InChI=1S/C12H12N4O2S/c13-5-11-3-1-2-4-12(11)9-19(17,18)16-8-10-6-14-15-7-10/h1-4,6-7,16H,8-9H2,(H,14,15). The first kappa shape index (κ1) is 13.3. The summed E-state index contributed by atoms with van der Waals surface area (Å²) >= 11 is 0. The molecule has 0 aliphatic rings. The van der Waals surface area contributed by atoms with Gasteiger partial charge in [0, 0.05) is 18.3 Å². The largest absolute Gasteiger partial charge is 0.285 e. The number of nitrogens with one attached hydrogen (secondary N) is 2. The lowest BCUT2D eigenvalue weighted by molar-refractivity contribution is 0.580. The molecule has 2 rings (SSSR count). The molecule has 6 nitrogen and oxygen atoms in total. The number of nitriles is 1. The summed E-state index contributed by atoms with van der Waals surface area (Å²) in [5, 5.41) is 15.3. The smallest absolute Gasteiger partial charge is 0.216 e. The summed E-state index contributed by atoms with van der Waals surface area (Å²) in [7, 11) is -3.49. The Balaban J connectivity index is 2.07. The second-order valence-corrected chi connectivity index (χ2v) is 5.76. The van der Waals surface area contributed by atoms with Crippen molar-refractivity contribution in [2.24, 2.45) is 0 Å². The fraction of sp³-hybridized carbons (Fsp3) is 0.167. The summed E-state index contributed by atoms with van der Waals surface area (Å²) in [6, 6.07) is 8.63. The Labute approximate surface area is 111 Å². The Hall–Kier alpha value is -2.17. The molecule has 0 atom stereocenters. The van der Waals surface area contributed by atoms with Gasteiger partial charge in [-0.25, -0.2) is 13.1 Å². The molecule has 2 aromatic rings. The van der Waals surface area contributed by atoms with Crippen LogP contribution in [0.2, 0.25) is 0 Å². The van der Waals surface area contributed by atoms with Crippen LogP contribution in [0.25, 0.3) is 0 Å². The summed E-state index contributed by atoms with van der Waals surface area (Å²) in [4.78, 5) is 0. The molecule has 2 N–H and O–H groups in total. The van der Waals surface area contributed by atoms with E-state index in [4.69, 9.17) is 5.26 Å². The highest BCUT2D eigenvalue weighted by Gasteiger charge is 2.14. The molecule has 0 amide bonds. The fourth-order valence-corrected chi connectivity index (χ4v) is 2.73. The van der Waals surface area contributed by atoms with Gasteiger partial charge in [-0.15, -0.1) is 0 Å². The molecule has 0 fully saturated rings. The molecule has 19 heavy (non-hydrogen) atoms. The zero-order valence-electron chi connectivity index (χ0n) is 10.00. The van der Waals surface area contributed by atoms with E-state index in [0.29, 0.717) is 11.1 Å². The van der Waals surface area contributed by atoms with Crippen LogP contribution in [0, 0.1) is 11.3 Å². The maximum atomic E-state index is 11.9. The van der Waals surface area contributed by atoms with Crippen LogP contribution in [0.1, 0.15) is 16.7 Å². The highest BCUT2D eigenvalue weighted by Crippen LogP contribution is 2.11. The van der Waals surface area contributed by atoms with Crippen molar-refractivity contribution in [2.45, 2.75) is 12.3 Å². The molecule has 1 heterocycles. The van der Waals surface area contributed by atoms with Crippen molar-refractivity contribution in [1.29, 1.82) is 5.26 Å². The Bertz CT molecular complexity index is 687. The number of aromatic nitrogens is 2. The van der Waals surface area contributed by atoms with Crippen molar-refractivity contribution in [2.75, 3.05) is 0 Å². The molecule has 0 aliphatic heterocycles. The van der Waals surface area contributed by atoms with Crippen LogP contribution in [0.5, 0.6) is 0 Å². The van der Waals surface area contributed by atoms with E-state index >= 15 is 0 Å². The number of rotatable bonds is 5. The average molecular weight is 276 g/mol. The molecule has 0 saturated carbocycles.